The van der Waals surface area contributed by atoms with Crippen LogP contribution in [0.2, 0.25) is 0 Å². The van der Waals surface area contributed by atoms with Crippen molar-refractivity contribution in [1.29, 1.82) is 0 Å². The molecule has 30 heavy (non-hydrogen) atoms. The Morgan fingerprint density at radius 1 is 1.27 bits per heavy atom. The fourth-order valence-corrected chi connectivity index (χ4v) is 3.66. The van der Waals surface area contributed by atoms with Gasteiger partial charge in [-0.1, -0.05) is 19.1 Å². The van der Waals surface area contributed by atoms with Crippen LogP contribution in [0, 0.1) is 16.0 Å². The highest BCUT2D eigenvalue weighted by molar-refractivity contribution is 6.08. The summed E-state index contributed by atoms with van der Waals surface area (Å²) in [6.07, 6.45) is 2.08. The predicted molar refractivity (Wildman–Crippen MR) is 114 cm³/mol. The molecule has 8 heteroatoms. The molecule has 0 radical (unpaired) electrons. The van der Waals surface area contributed by atoms with E-state index >= 15 is 0 Å². The highest BCUT2D eigenvalue weighted by atomic mass is 16.6. The third-order valence-electron chi connectivity index (χ3n) is 5.10. The fourth-order valence-electron chi connectivity index (χ4n) is 3.66. The van der Waals surface area contributed by atoms with Gasteiger partial charge >= 0.3 is 5.97 Å². The second-order valence-electron chi connectivity index (χ2n) is 7.37. The van der Waals surface area contributed by atoms with Crippen molar-refractivity contribution < 1.29 is 19.2 Å². The second-order valence-corrected chi connectivity index (χ2v) is 7.37. The van der Waals surface area contributed by atoms with Crippen LogP contribution in [-0.2, 0) is 4.74 Å². The third-order valence-corrected chi connectivity index (χ3v) is 5.10. The molecule has 0 aliphatic carbocycles. The zero-order valence-corrected chi connectivity index (χ0v) is 17.1. The minimum Gasteiger partial charge on any atom is -0.462 e. The lowest BCUT2D eigenvalue weighted by Crippen LogP contribution is -2.34. The smallest absolute Gasteiger partial charge is 0.340 e. The molecular weight excluding hydrogens is 386 g/mol. The van der Waals surface area contributed by atoms with Gasteiger partial charge in [0.2, 0.25) is 0 Å². The summed E-state index contributed by atoms with van der Waals surface area (Å²) in [7, 11) is 0. The van der Waals surface area contributed by atoms with Crippen LogP contribution in [0.4, 0.5) is 17.1 Å². The number of hydrogen-bond acceptors (Lipinski definition) is 6. The first-order chi connectivity index (χ1) is 14.4. The topological polar surface area (TPSA) is 102 Å². The third kappa shape index (κ3) is 4.76. The maximum Gasteiger partial charge on any atom is 0.340 e. The lowest BCUT2D eigenvalue weighted by molar-refractivity contribution is -0.384. The first-order valence-corrected chi connectivity index (χ1v) is 10.0. The van der Waals surface area contributed by atoms with E-state index in [4.69, 9.17) is 4.74 Å². The van der Waals surface area contributed by atoms with Crippen molar-refractivity contribution in [1.82, 2.24) is 0 Å². The molecule has 0 bridgehead atoms. The Kier molecular flexibility index (Phi) is 6.66. The molecule has 1 heterocycles. The van der Waals surface area contributed by atoms with Crippen LogP contribution in [0.25, 0.3) is 0 Å². The molecule has 1 atom stereocenters. The highest BCUT2D eigenvalue weighted by Crippen LogP contribution is 2.32. The zero-order chi connectivity index (χ0) is 21.7. The molecule has 0 spiro atoms. The van der Waals surface area contributed by atoms with Crippen molar-refractivity contribution in [3.63, 3.8) is 0 Å². The summed E-state index contributed by atoms with van der Waals surface area (Å²) in [4.78, 5) is 38.1. The van der Waals surface area contributed by atoms with Crippen molar-refractivity contribution in [3.05, 3.63) is 63.7 Å². The molecule has 1 aliphatic heterocycles. The number of amides is 1. The minimum atomic E-state index is -0.547. The largest absolute Gasteiger partial charge is 0.462 e. The summed E-state index contributed by atoms with van der Waals surface area (Å²) in [5.41, 5.74) is 1.08. The highest BCUT2D eigenvalue weighted by Gasteiger charge is 2.25. The molecule has 0 saturated carbocycles. The summed E-state index contributed by atoms with van der Waals surface area (Å²) in [5.74, 6) is -0.622. The Balaban J connectivity index is 1.86. The van der Waals surface area contributed by atoms with Gasteiger partial charge in [-0.05, 0) is 49.9 Å². The van der Waals surface area contributed by atoms with Crippen molar-refractivity contribution >= 4 is 28.9 Å². The molecular formula is C22H25N3O5. The summed E-state index contributed by atoms with van der Waals surface area (Å²) >= 11 is 0. The Hall–Kier alpha value is -3.42. The Morgan fingerprint density at radius 2 is 2.03 bits per heavy atom. The van der Waals surface area contributed by atoms with Crippen LogP contribution in [0.5, 0.6) is 0 Å². The van der Waals surface area contributed by atoms with Gasteiger partial charge in [-0.15, -0.1) is 0 Å². The van der Waals surface area contributed by atoms with Crippen molar-refractivity contribution in [2.24, 2.45) is 5.92 Å². The van der Waals surface area contributed by atoms with Crippen molar-refractivity contribution in [3.8, 4) is 0 Å². The molecule has 8 nitrogen and oxygen atoms in total. The number of rotatable bonds is 6. The molecule has 1 amide bonds. The molecule has 1 saturated heterocycles. The van der Waals surface area contributed by atoms with Crippen LogP contribution in [0.3, 0.4) is 0 Å². The summed E-state index contributed by atoms with van der Waals surface area (Å²) in [6.45, 7) is 5.54. The summed E-state index contributed by atoms with van der Waals surface area (Å²) in [5, 5.41) is 14.3. The number of piperidine rings is 1. The van der Waals surface area contributed by atoms with Crippen LogP contribution in [0.15, 0.2) is 42.5 Å². The molecule has 0 unspecified atom stereocenters. The summed E-state index contributed by atoms with van der Waals surface area (Å²) < 4.78 is 5.01. The average Bonchev–Trinajstić information content (AvgIpc) is 2.73. The Labute approximate surface area is 175 Å². The van der Waals surface area contributed by atoms with Crippen LogP contribution < -0.4 is 10.2 Å². The number of hydrogen-bond donors (Lipinski definition) is 1. The maximum atomic E-state index is 12.8. The molecule has 2 aromatic rings. The number of benzene rings is 2. The van der Waals surface area contributed by atoms with E-state index in [1.54, 1.807) is 43.3 Å². The fraction of sp³-hybridized carbons (Fsp3) is 0.364. The number of esters is 1. The molecule has 2 aromatic carbocycles. The Bertz CT molecular complexity index is 960. The zero-order valence-electron chi connectivity index (χ0n) is 17.1. The van der Waals surface area contributed by atoms with E-state index in [-0.39, 0.29) is 29.1 Å². The lowest BCUT2D eigenvalue weighted by Gasteiger charge is -2.32. The predicted octanol–water partition coefficient (Wildman–Crippen LogP) is 4.26. The van der Waals surface area contributed by atoms with E-state index in [0.717, 1.165) is 25.9 Å². The maximum absolute atomic E-state index is 12.8. The van der Waals surface area contributed by atoms with Crippen LogP contribution >= 0.6 is 0 Å². The molecule has 1 N–H and O–H groups in total. The quantitative estimate of drug-likeness (QED) is 0.433. The SMILES string of the molecule is CCOC(=O)c1ccccc1NC(=O)c1ccc(N2CCC[C@@H](C)C2)c([N+](=O)[O-])c1. The van der Waals surface area contributed by atoms with E-state index < -0.39 is 16.8 Å². The van der Waals surface area contributed by atoms with Crippen LogP contribution in [-0.4, -0.2) is 36.5 Å². The lowest BCUT2D eigenvalue weighted by atomic mass is 9.99. The van der Waals surface area contributed by atoms with E-state index in [0.29, 0.717) is 11.6 Å². The number of carbonyl (C=O) groups is 2. The molecule has 0 aromatic heterocycles. The van der Waals surface area contributed by atoms with Gasteiger partial charge in [-0.25, -0.2) is 4.79 Å². The number of nitro groups is 1. The number of nitrogens with zero attached hydrogens (tertiary/aromatic N) is 2. The number of nitrogens with one attached hydrogen (secondary N) is 1. The molecule has 1 fully saturated rings. The number of ether oxygens (including phenoxy) is 1. The van der Waals surface area contributed by atoms with E-state index in [1.165, 1.54) is 6.07 Å². The van der Waals surface area contributed by atoms with Gasteiger partial charge in [0.15, 0.2) is 0 Å². The number of para-hydroxylation sites is 1. The second kappa shape index (κ2) is 9.39. The van der Waals surface area contributed by atoms with Gasteiger partial charge < -0.3 is 15.0 Å². The van der Waals surface area contributed by atoms with Gasteiger partial charge in [-0.2, -0.15) is 0 Å². The molecule has 158 valence electrons. The summed E-state index contributed by atoms with van der Waals surface area (Å²) in [6, 6.07) is 11.0. The minimum absolute atomic E-state index is 0.101. The van der Waals surface area contributed by atoms with Gasteiger partial charge in [0.05, 0.1) is 22.8 Å². The van der Waals surface area contributed by atoms with Crippen LogP contribution in [0.1, 0.15) is 47.4 Å². The monoisotopic (exact) mass is 411 g/mol. The first kappa shape index (κ1) is 21.3. The number of nitro benzene ring substituents is 1. The number of carbonyl (C=O) groups excluding carboxylic acids is 2. The van der Waals surface area contributed by atoms with Gasteiger partial charge in [0, 0.05) is 24.7 Å². The van der Waals surface area contributed by atoms with Gasteiger partial charge in [0.1, 0.15) is 5.69 Å². The van der Waals surface area contributed by atoms with E-state index in [1.807, 2.05) is 4.90 Å². The van der Waals surface area contributed by atoms with E-state index in [9.17, 15) is 19.7 Å². The normalized spacial score (nSPS) is 16.1. The molecule has 3 rings (SSSR count). The molecule has 1 aliphatic rings. The Morgan fingerprint density at radius 3 is 2.73 bits per heavy atom. The van der Waals surface area contributed by atoms with Gasteiger partial charge in [-0.3, -0.25) is 14.9 Å². The first-order valence-electron chi connectivity index (χ1n) is 10.0. The van der Waals surface area contributed by atoms with Crippen molar-refractivity contribution in [2.45, 2.75) is 26.7 Å². The standard InChI is InChI=1S/C22H25N3O5/c1-3-30-22(27)17-8-4-5-9-18(17)23-21(26)16-10-11-19(20(13-16)25(28)29)24-12-6-7-15(2)14-24/h4-5,8-11,13,15H,3,6-7,12,14H2,1-2H3,(H,23,26)/t15-/m1/s1. The van der Waals surface area contributed by atoms with Crippen molar-refractivity contribution in [2.75, 3.05) is 29.9 Å². The van der Waals surface area contributed by atoms with E-state index in [2.05, 4.69) is 12.2 Å². The number of anilines is 2. The average molecular weight is 411 g/mol. The van der Waals surface area contributed by atoms with Gasteiger partial charge in [0.25, 0.3) is 11.6 Å².